The molecule has 0 saturated carbocycles. The Kier molecular flexibility index (Phi) is 10.6. The van der Waals surface area contributed by atoms with Crippen LogP contribution in [0.15, 0.2) is 84.0 Å². The van der Waals surface area contributed by atoms with Gasteiger partial charge in [-0.1, -0.05) is 12.1 Å². The van der Waals surface area contributed by atoms with E-state index >= 15 is 0 Å². The lowest BCUT2D eigenvalue weighted by molar-refractivity contribution is -0.122. The van der Waals surface area contributed by atoms with E-state index in [0.717, 1.165) is 61.2 Å². The van der Waals surface area contributed by atoms with Crippen molar-refractivity contribution < 1.29 is 27.4 Å². The molecule has 0 spiro atoms. The summed E-state index contributed by atoms with van der Waals surface area (Å²) < 4.78 is 47.6. The molecule has 1 aliphatic rings. The van der Waals surface area contributed by atoms with Crippen molar-refractivity contribution in [2.75, 3.05) is 36.8 Å². The highest BCUT2D eigenvalue weighted by Gasteiger charge is 2.19. The van der Waals surface area contributed by atoms with Crippen LogP contribution in [0.3, 0.4) is 0 Å². The maximum Gasteiger partial charge on any atom is 0.290 e. The summed E-state index contributed by atoms with van der Waals surface area (Å²) in [4.78, 5) is 19.1. The molecule has 226 valence electrons. The number of piperidine rings is 1. The van der Waals surface area contributed by atoms with Gasteiger partial charge in [-0.3, -0.25) is 9.52 Å². The summed E-state index contributed by atoms with van der Waals surface area (Å²) in [6.45, 7) is 4.76. The van der Waals surface area contributed by atoms with Crippen molar-refractivity contribution in [3.8, 4) is 17.0 Å². The van der Waals surface area contributed by atoms with Gasteiger partial charge in [-0.15, -0.1) is 0 Å². The number of carboxylic acid groups (broad SMARTS) is 1. The van der Waals surface area contributed by atoms with Gasteiger partial charge >= 0.3 is 0 Å². The summed E-state index contributed by atoms with van der Waals surface area (Å²) in [6.07, 6.45) is 3.82. The Balaban J connectivity index is 0.00000135. The zero-order valence-corrected chi connectivity index (χ0v) is 24.7. The number of hydrogen-bond donors (Lipinski definition) is 3. The average molecular weight is 608 g/mol. The molecule has 1 aromatic heterocycles. The lowest BCUT2D eigenvalue weighted by atomic mass is 9.98. The molecule has 0 bridgehead atoms. The van der Waals surface area contributed by atoms with Crippen LogP contribution in [0.1, 0.15) is 18.4 Å². The number of halogens is 1. The summed E-state index contributed by atoms with van der Waals surface area (Å²) in [5.41, 5.74) is 3.77. The first-order valence-corrected chi connectivity index (χ1v) is 15.1. The number of ether oxygens (including phenoxy) is 1. The van der Waals surface area contributed by atoms with E-state index < -0.39 is 20.7 Å². The van der Waals surface area contributed by atoms with Crippen LogP contribution in [0.5, 0.6) is 5.75 Å². The Morgan fingerprint density at radius 3 is 2.37 bits per heavy atom. The van der Waals surface area contributed by atoms with Crippen molar-refractivity contribution in [1.82, 2.24) is 14.9 Å². The molecular weight excluding hydrogens is 573 g/mol. The van der Waals surface area contributed by atoms with Crippen LogP contribution in [0.4, 0.5) is 21.6 Å². The highest BCUT2D eigenvalue weighted by Crippen LogP contribution is 2.28. The average Bonchev–Trinajstić information content (AvgIpc) is 2.99. The van der Waals surface area contributed by atoms with Crippen molar-refractivity contribution in [2.24, 2.45) is 5.92 Å². The number of nitrogens with zero attached hydrogens (tertiary/aromatic N) is 3. The van der Waals surface area contributed by atoms with Crippen LogP contribution in [-0.4, -0.2) is 61.6 Å². The second-order valence-electron chi connectivity index (χ2n) is 10.2. The first-order chi connectivity index (χ1) is 20.7. The molecule has 1 aliphatic heterocycles. The minimum Gasteiger partial charge on any atom is -0.493 e. The molecule has 4 aromatic rings. The van der Waals surface area contributed by atoms with Crippen molar-refractivity contribution in [1.29, 1.82) is 0 Å². The predicted molar refractivity (Wildman–Crippen MR) is 164 cm³/mol. The molecule has 10 nitrogen and oxygen atoms in total. The molecule has 3 aromatic carbocycles. The second kappa shape index (κ2) is 14.6. The van der Waals surface area contributed by atoms with Crippen molar-refractivity contribution in [3.63, 3.8) is 0 Å². The maximum absolute atomic E-state index is 14.0. The van der Waals surface area contributed by atoms with E-state index in [0.29, 0.717) is 23.1 Å². The molecule has 3 N–H and O–H groups in total. The van der Waals surface area contributed by atoms with E-state index in [1.807, 2.05) is 25.1 Å². The number of rotatable bonds is 9. The minimum atomic E-state index is -4.05. The standard InChI is InChI=1S/C30H32FN5O3S.CH2O2/c1-21-17-23(7-12-28(21)39-19-22-13-15-36(2)16-14-22)27-18-30(33-20-32-27)34-24-8-10-25(11-9-24)35-40(37,38)29-6-4-3-5-26(29)31;2-1-3/h3-12,17-18,20,22,35H,13-16,19H2,1-2H3,(H,32,33,34);1H,(H,2,3). The van der Waals surface area contributed by atoms with Gasteiger partial charge in [-0.25, -0.2) is 22.8 Å². The number of hydrogen-bond acceptors (Lipinski definition) is 8. The highest BCUT2D eigenvalue weighted by molar-refractivity contribution is 7.92. The maximum atomic E-state index is 14.0. The molecule has 1 saturated heterocycles. The van der Waals surface area contributed by atoms with Crippen LogP contribution < -0.4 is 14.8 Å². The number of likely N-dealkylation sites (tertiary alicyclic amines) is 1. The topological polar surface area (TPSA) is 134 Å². The Hall–Kier alpha value is -4.55. The number of sulfonamides is 1. The van der Waals surface area contributed by atoms with E-state index in [9.17, 15) is 12.8 Å². The molecule has 12 heteroatoms. The van der Waals surface area contributed by atoms with Crippen LogP contribution in [0.2, 0.25) is 0 Å². The third-order valence-corrected chi connectivity index (χ3v) is 8.40. The Bertz CT molecular complexity index is 1630. The third kappa shape index (κ3) is 8.72. The lowest BCUT2D eigenvalue weighted by Gasteiger charge is -2.28. The zero-order chi connectivity index (χ0) is 30.8. The van der Waals surface area contributed by atoms with E-state index in [2.05, 4.69) is 38.0 Å². The van der Waals surface area contributed by atoms with Gasteiger partial charge in [0.05, 0.1) is 12.3 Å². The van der Waals surface area contributed by atoms with Gasteiger partial charge < -0.3 is 20.1 Å². The number of aryl methyl sites for hydroxylation is 1. The van der Waals surface area contributed by atoms with Gasteiger partial charge in [0.25, 0.3) is 16.5 Å². The molecule has 2 heterocycles. The van der Waals surface area contributed by atoms with Gasteiger partial charge in [0, 0.05) is 23.0 Å². The Morgan fingerprint density at radius 2 is 1.70 bits per heavy atom. The molecule has 0 radical (unpaired) electrons. The van der Waals surface area contributed by atoms with Crippen LogP contribution >= 0.6 is 0 Å². The minimum absolute atomic E-state index is 0.250. The van der Waals surface area contributed by atoms with Gasteiger partial charge in [-0.05, 0) is 106 Å². The predicted octanol–water partition coefficient (Wildman–Crippen LogP) is 5.56. The van der Waals surface area contributed by atoms with Gasteiger partial charge in [0.15, 0.2) is 0 Å². The number of anilines is 3. The van der Waals surface area contributed by atoms with E-state index in [-0.39, 0.29) is 6.47 Å². The zero-order valence-electron chi connectivity index (χ0n) is 23.9. The molecule has 1 fully saturated rings. The van der Waals surface area contributed by atoms with E-state index in [1.54, 1.807) is 24.3 Å². The molecule has 0 unspecified atom stereocenters. The van der Waals surface area contributed by atoms with Crippen LogP contribution in [-0.2, 0) is 14.8 Å². The number of aromatic nitrogens is 2. The SMILES string of the molecule is Cc1cc(-c2cc(Nc3ccc(NS(=O)(=O)c4ccccc4F)cc3)ncn2)ccc1OCC1CCN(C)CC1.O=CO. The molecule has 5 rings (SSSR count). The normalized spacial score (nSPS) is 13.8. The summed E-state index contributed by atoms with van der Waals surface area (Å²) in [6, 6.07) is 19.8. The fraction of sp³-hybridized carbons (Fsp3) is 0.258. The molecule has 0 aliphatic carbocycles. The van der Waals surface area contributed by atoms with Crippen molar-refractivity contribution >= 4 is 33.7 Å². The van der Waals surface area contributed by atoms with Crippen LogP contribution in [0.25, 0.3) is 11.3 Å². The first-order valence-electron chi connectivity index (χ1n) is 13.6. The number of nitrogens with one attached hydrogen (secondary N) is 2. The Morgan fingerprint density at radius 1 is 1.02 bits per heavy atom. The smallest absolute Gasteiger partial charge is 0.290 e. The molecule has 0 atom stereocenters. The molecule has 43 heavy (non-hydrogen) atoms. The molecule has 0 amide bonds. The monoisotopic (exact) mass is 607 g/mol. The quantitative estimate of drug-likeness (QED) is 0.209. The van der Waals surface area contributed by atoms with Crippen LogP contribution in [0, 0.1) is 18.7 Å². The first kappa shape index (κ1) is 31.4. The fourth-order valence-corrected chi connectivity index (χ4v) is 5.77. The van der Waals surface area contributed by atoms with Crippen molar-refractivity contribution in [3.05, 3.63) is 90.5 Å². The Labute approximate surface area is 250 Å². The fourth-order valence-electron chi connectivity index (χ4n) is 4.63. The van der Waals surface area contributed by atoms with Gasteiger partial charge in [-0.2, -0.15) is 0 Å². The summed E-state index contributed by atoms with van der Waals surface area (Å²) in [7, 11) is -1.89. The third-order valence-electron chi connectivity index (χ3n) is 6.99. The van der Waals surface area contributed by atoms with E-state index in [1.165, 1.54) is 24.5 Å². The summed E-state index contributed by atoms with van der Waals surface area (Å²) >= 11 is 0. The lowest BCUT2D eigenvalue weighted by Crippen LogP contribution is -2.32. The molecular formula is C31H34FN5O5S. The van der Waals surface area contributed by atoms with E-state index in [4.69, 9.17) is 14.6 Å². The summed E-state index contributed by atoms with van der Waals surface area (Å²) in [5, 5.41) is 10.1. The van der Waals surface area contributed by atoms with Crippen molar-refractivity contribution in [2.45, 2.75) is 24.7 Å². The number of carbonyl (C=O) groups is 1. The number of benzene rings is 3. The second-order valence-corrected chi connectivity index (χ2v) is 11.8. The highest BCUT2D eigenvalue weighted by atomic mass is 32.2. The van der Waals surface area contributed by atoms with Gasteiger partial charge in [0.2, 0.25) is 0 Å². The summed E-state index contributed by atoms with van der Waals surface area (Å²) in [5.74, 6) is 1.26. The van der Waals surface area contributed by atoms with Gasteiger partial charge in [0.1, 0.15) is 28.6 Å². The largest absolute Gasteiger partial charge is 0.493 e.